The lowest BCUT2D eigenvalue weighted by molar-refractivity contribution is -0.142. The molecule has 7 nitrogen and oxygen atoms in total. The van der Waals surface area contributed by atoms with Crippen molar-refractivity contribution in [2.75, 3.05) is 0 Å². The lowest BCUT2D eigenvalue weighted by Crippen LogP contribution is -2.49. The van der Waals surface area contributed by atoms with Gasteiger partial charge in [0, 0.05) is 24.9 Å². The van der Waals surface area contributed by atoms with E-state index in [2.05, 4.69) is 10.3 Å². The van der Waals surface area contributed by atoms with Crippen molar-refractivity contribution in [1.29, 1.82) is 0 Å². The van der Waals surface area contributed by atoms with Gasteiger partial charge in [-0.2, -0.15) is 0 Å². The Bertz CT molecular complexity index is 593. The molecule has 1 aliphatic rings. The van der Waals surface area contributed by atoms with E-state index in [0.717, 1.165) is 12.2 Å². The van der Waals surface area contributed by atoms with E-state index in [1.807, 2.05) is 18.4 Å². The molecule has 0 aliphatic heterocycles. The first kappa shape index (κ1) is 20.4. The number of nitrogens with one attached hydrogen (secondary N) is 1. The highest BCUT2D eigenvalue weighted by atomic mass is 16.4. The molecular weight excluding hydrogens is 334 g/mol. The molecule has 26 heavy (non-hydrogen) atoms. The van der Waals surface area contributed by atoms with Crippen molar-refractivity contribution in [2.45, 2.75) is 77.4 Å². The van der Waals surface area contributed by atoms with E-state index >= 15 is 0 Å². The lowest BCUT2D eigenvalue weighted by Gasteiger charge is -2.24. The normalized spacial score (nSPS) is 18.0. The maximum absolute atomic E-state index is 11.7. The van der Waals surface area contributed by atoms with Gasteiger partial charge in [0.25, 0.3) is 0 Å². The molecule has 0 saturated heterocycles. The zero-order valence-corrected chi connectivity index (χ0v) is 15.7. The number of carbonyl (C=O) groups is 2. The molecule has 1 fully saturated rings. The third kappa shape index (κ3) is 6.12. The predicted molar refractivity (Wildman–Crippen MR) is 97.9 cm³/mol. The maximum atomic E-state index is 11.7. The predicted octanol–water partition coefficient (Wildman–Crippen LogP) is 2.55. The van der Waals surface area contributed by atoms with Gasteiger partial charge in [-0.3, -0.25) is 14.9 Å². The van der Waals surface area contributed by atoms with Gasteiger partial charge < -0.3 is 14.8 Å². The van der Waals surface area contributed by atoms with Crippen LogP contribution in [0.2, 0.25) is 0 Å². The largest absolute Gasteiger partial charge is 0.480 e. The van der Waals surface area contributed by atoms with Gasteiger partial charge in [0.1, 0.15) is 12.1 Å². The molecule has 0 bridgehead atoms. The average molecular weight is 365 g/mol. The van der Waals surface area contributed by atoms with E-state index in [4.69, 9.17) is 0 Å². The van der Waals surface area contributed by atoms with Crippen molar-refractivity contribution in [3.05, 3.63) is 18.2 Å². The highest BCUT2D eigenvalue weighted by Gasteiger charge is 2.28. The number of imidazole rings is 1. The minimum absolute atomic E-state index is 0.162. The summed E-state index contributed by atoms with van der Waals surface area (Å²) in [4.78, 5) is 27.3. The molecule has 1 aliphatic carbocycles. The number of hydrogen-bond donors (Lipinski definition) is 3. The van der Waals surface area contributed by atoms with Crippen molar-refractivity contribution in [1.82, 2.24) is 14.9 Å². The topological polar surface area (TPSA) is 104 Å². The first-order valence-electron chi connectivity index (χ1n) is 9.57. The smallest absolute Gasteiger partial charge is 0.321 e. The number of nitrogens with zero attached hydrogens (tertiary/aromatic N) is 2. The van der Waals surface area contributed by atoms with Crippen LogP contribution in [-0.4, -0.2) is 43.8 Å². The van der Waals surface area contributed by atoms with Gasteiger partial charge in [-0.25, -0.2) is 4.98 Å². The van der Waals surface area contributed by atoms with Crippen LogP contribution in [0.3, 0.4) is 0 Å². The Morgan fingerprint density at radius 2 is 1.85 bits per heavy atom. The molecule has 2 atom stereocenters. The first-order valence-corrected chi connectivity index (χ1v) is 9.57. The molecule has 146 valence electrons. The molecular formula is C19H31N3O4. The van der Waals surface area contributed by atoms with Crippen molar-refractivity contribution < 1.29 is 19.8 Å². The van der Waals surface area contributed by atoms with Crippen LogP contribution in [-0.2, 0) is 22.6 Å². The maximum Gasteiger partial charge on any atom is 0.321 e. The number of carboxylic acid groups (broad SMARTS) is 2. The highest BCUT2D eigenvalue weighted by Crippen LogP contribution is 2.25. The molecule has 0 amide bonds. The van der Waals surface area contributed by atoms with Gasteiger partial charge in [-0.05, 0) is 31.1 Å². The molecule has 1 aromatic rings. The second-order valence-corrected chi connectivity index (χ2v) is 7.82. The summed E-state index contributed by atoms with van der Waals surface area (Å²) in [5, 5.41) is 21.8. The van der Waals surface area contributed by atoms with Crippen LogP contribution in [0.4, 0.5) is 0 Å². The van der Waals surface area contributed by atoms with E-state index in [1.165, 1.54) is 32.1 Å². The second-order valence-electron chi connectivity index (χ2n) is 7.82. The first-order chi connectivity index (χ1) is 12.4. The van der Waals surface area contributed by atoms with Crippen LogP contribution in [0.5, 0.6) is 0 Å². The Morgan fingerprint density at radius 3 is 2.42 bits per heavy atom. The van der Waals surface area contributed by atoms with E-state index in [9.17, 15) is 19.8 Å². The van der Waals surface area contributed by atoms with Crippen LogP contribution < -0.4 is 5.32 Å². The quantitative estimate of drug-likeness (QED) is 0.589. The Balaban J connectivity index is 2.04. The van der Waals surface area contributed by atoms with Gasteiger partial charge in [0.05, 0.1) is 6.33 Å². The Morgan fingerprint density at radius 1 is 1.19 bits per heavy atom. The van der Waals surface area contributed by atoms with Crippen molar-refractivity contribution >= 4 is 11.9 Å². The third-order valence-corrected chi connectivity index (χ3v) is 5.10. The summed E-state index contributed by atoms with van der Waals surface area (Å²) in [6.07, 6.45) is 10.3. The summed E-state index contributed by atoms with van der Waals surface area (Å²) in [6.45, 7) is 4.70. The van der Waals surface area contributed by atoms with Crippen molar-refractivity contribution in [3.63, 3.8) is 0 Å². The number of hydrogen-bond acceptors (Lipinski definition) is 4. The third-order valence-electron chi connectivity index (χ3n) is 5.10. The molecule has 1 saturated carbocycles. The minimum Gasteiger partial charge on any atom is -0.480 e. The monoisotopic (exact) mass is 365 g/mol. The zero-order valence-electron chi connectivity index (χ0n) is 15.7. The average Bonchev–Trinajstić information content (AvgIpc) is 3.00. The van der Waals surface area contributed by atoms with Crippen LogP contribution >= 0.6 is 0 Å². The van der Waals surface area contributed by atoms with Gasteiger partial charge >= 0.3 is 11.9 Å². The molecule has 7 heteroatoms. The Kier molecular flexibility index (Phi) is 7.63. The molecule has 0 spiro atoms. The van der Waals surface area contributed by atoms with Gasteiger partial charge in [0.15, 0.2) is 0 Å². The molecule has 1 unspecified atom stereocenters. The van der Waals surface area contributed by atoms with Crippen LogP contribution in [0, 0.1) is 11.8 Å². The van der Waals surface area contributed by atoms with Gasteiger partial charge in [-0.15, -0.1) is 0 Å². The summed E-state index contributed by atoms with van der Waals surface area (Å²) in [5.41, 5.74) is 0.837. The lowest BCUT2D eigenvalue weighted by atomic mass is 9.89. The summed E-state index contributed by atoms with van der Waals surface area (Å²) >= 11 is 0. The minimum atomic E-state index is -1.04. The molecule has 1 heterocycles. The second kappa shape index (κ2) is 9.71. The van der Waals surface area contributed by atoms with Crippen LogP contribution in [0.15, 0.2) is 12.5 Å². The fourth-order valence-corrected chi connectivity index (χ4v) is 3.71. The number of aliphatic carboxylic acids is 2. The molecule has 2 rings (SSSR count). The fourth-order valence-electron chi connectivity index (χ4n) is 3.71. The summed E-state index contributed by atoms with van der Waals surface area (Å²) < 4.78 is 2.03. The van der Waals surface area contributed by atoms with E-state index in [-0.39, 0.29) is 12.3 Å². The van der Waals surface area contributed by atoms with Gasteiger partial charge in [-0.1, -0.05) is 33.1 Å². The highest BCUT2D eigenvalue weighted by molar-refractivity contribution is 5.77. The van der Waals surface area contributed by atoms with Gasteiger partial charge in [0.2, 0.25) is 0 Å². The number of carboxylic acids is 2. The SMILES string of the molecule is CC(C)CC(N[C@@H](Cc1cncn1CC1CCCCC1)C(=O)O)C(=O)O. The van der Waals surface area contributed by atoms with Crippen LogP contribution in [0.25, 0.3) is 0 Å². The van der Waals surface area contributed by atoms with Crippen molar-refractivity contribution in [2.24, 2.45) is 11.8 Å². The Hall–Kier alpha value is -1.89. The fraction of sp³-hybridized carbons (Fsp3) is 0.737. The number of rotatable bonds is 10. The van der Waals surface area contributed by atoms with E-state index < -0.39 is 24.0 Å². The Labute approximate surface area is 154 Å². The van der Waals surface area contributed by atoms with E-state index in [0.29, 0.717) is 12.3 Å². The van der Waals surface area contributed by atoms with Crippen molar-refractivity contribution in [3.8, 4) is 0 Å². The van der Waals surface area contributed by atoms with E-state index in [1.54, 1.807) is 12.5 Å². The van der Waals surface area contributed by atoms with Crippen LogP contribution in [0.1, 0.15) is 58.1 Å². The molecule has 0 radical (unpaired) electrons. The molecule has 1 aromatic heterocycles. The summed E-state index contributed by atoms with van der Waals surface area (Å²) in [7, 11) is 0. The summed E-state index contributed by atoms with van der Waals surface area (Å²) in [5.74, 6) is -1.28. The molecule has 0 aromatic carbocycles. The summed E-state index contributed by atoms with van der Waals surface area (Å²) in [6, 6.07) is -1.82. The molecule has 3 N–H and O–H groups in total. The zero-order chi connectivity index (χ0) is 19.1. The standard InChI is InChI=1S/C19H31N3O4/c1-13(2)8-16(18(23)24)21-17(19(25)26)9-15-10-20-12-22(15)11-14-6-4-3-5-7-14/h10,12-14,16-17,21H,3-9,11H2,1-2H3,(H,23,24)(H,25,26)/t16?,17-/m0/s1. The number of aromatic nitrogens is 2.